The number of nitrogens with zero attached hydrogens (tertiary/aromatic N) is 1. The molecule has 21 heavy (non-hydrogen) atoms. The van der Waals surface area contributed by atoms with Gasteiger partial charge in [0.2, 0.25) is 5.91 Å². The summed E-state index contributed by atoms with van der Waals surface area (Å²) in [6.45, 7) is 7.08. The fraction of sp³-hybridized carbons (Fsp3) is 0.588. The molecule has 2 atom stereocenters. The van der Waals surface area contributed by atoms with Gasteiger partial charge in [0.05, 0.1) is 6.04 Å². The lowest BCUT2D eigenvalue weighted by Crippen LogP contribution is -2.32. The molecule has 4 heteroatoms. The summed E-state index contributed by atoms with van der Waals surface area (Å²) >= 11 is 0. The predicted octanol–water partition coefficient (Wildman–Crippen LogP) is 3.47. The fourth-order valence-electron chi connectivity index (χ4n) is 2.76. The number of carbonyl (C=O) groups excluding carboxylic acids is 1. The van der Waals surface area contributed by atoms with E-state index in [0.29, 0.717) is 12.5 Å². The summed E-state index contributed by atoms with van der Waals surface area (Å²) < 4.78 is 13.5. The fourth-order valence-corrected chi connectivity index (χ4v) is 2.76. The molecule has 2 rings (SSSR count). The largest absolute Gasteiger partial charge is 0.322 e. The van der Waals surface area contributed by atoms with E-state index in [1.54, 1.807) is 6.07 Å². The molecule has 0 aliphatic carbocycles. The second kappa shape index (κ2) is 7.03. The van der Waals surface area contributed by atoms with E-state index in [9.17, 15) is 9.18 Å². The van der Waals surface area contributed by atoms with Crippen LogP contribution in [0, 0.1) is 11.7 Å². The van der Waals surface area contributed by atoms with Crippen LogP contribution >= 0.6 is 0 Å². The molecule has 0 radical (unpaired) electrons. The Morgan fingerprint density at radius 1 is 1.38 bits per heavy atom. The molecular weight excluding hydrogens is 267 g/mol. The molecular formula is C17H25FN2O. The SMILES string of the molecule is CCCC1NC(c2cccc(F)c2)N(CCC(C)C)C1=O. The van der Waals surface area contributed by atoms with Crippen molar-refractivity contribution in [2.45, 2.75) is 52.2 Å². The summed E-state index contributed by atoms with van der Waals surface area (Å²) in [7, 11) is 0. The Hall–Kier alpha value is -1.42. The minimum atomic E-state index is -0.260. The number of hydrogen-bond donors (Lipinski definition) is 1. The summed E-state index contributed by atoms with van der Waals surface area (Å²) in [4.78, 5) is 14.4. The van der Waals surface area contributed by atoms with Crippen molar-refractivity contribution in [3.8, 4) is 0 Å². The zero-order valence-electron chi connectivity index (χ0n) is 13.1. The summed E-state index contributed by atoms with van der Waals surface area (Å²) in [6.07, 6.45) is 2.53. The minimum Gasteiger partial charge on any atom is -0.322 e. The van der Waals surface area contributed by atoms with E-state index in [0.717, 1.165) is 24.8 Å². The summed E-state index contributed by atoms with van der Waals surface area (Å²) in [6, 6.07) is 6.38. The molecule has 3 nitrogen and oxygen atoms in total. The van der Waals surface area contributed by atoms with Crippen molar-refractivity contribution in [2.24, 2.45) is 5.92 Å². The van der Waals surface area contributed by atoms with Gasteiger partial charge in [-0.05, 0) is 36.5 Å². The highest BCUT2D eigenvalue weighted by Crippen LogP contribution is 2.28. The molecule has 1 aliphatic rings. The van der Waals surface area contributed by atoms with Gasteiger partial charge in [0, 0.05) is 6.54 Å². The molecule has 0 aromatic heterocycles. The van der Waals surface area contributed by atoms with Gasteiger partial charge in [-0.1, -0.05) is 39.3 Å². The highest BCUT2D eigenvalue weighted by atomic mass is 19.1. The Labute approximate surface area is 126 Å². The maximum atomic E-state index is 13.5. The average Bonchev–Trinajstić information content (AvgIpc) is 2.74. The van der Waals surface area contributed by atoms with Gasteiger partial charge in [-0.15, -0.1) is 0 Å². The second-order valence-electron chi connectivity index (χ2n) is 6.18. The molecule has 1 aromatic rings. The number of carbonyl (C=O) groups is 1. The van der Waals surface area contributed by atoms with Crippen molar-refractivity contribution in [1.82, 2.24) is 10.2 Å². The third-order valence-electron chi connectivity index (χ3n) is 3.94. The Morgan fingerprint density at radius 3 is 2.76 bits per heavy atom. The van der Waals surface area contributed by atoms with Crippen LogP contribution in [-0.4, -0.2) is 23.4 Å². The van der Waals surface area contributed by atoms with E-state index in [4.69, 9.17) is 0 Å². The molecule has 1 amide bonds. The van der Waals surface area contributed by atoms with Crippen LogP contribution in [0.25, 0.3) is 0 Å². The maximum Gasteiger partial charge on any atom is 0.241 e. The quantitative estimate of drug-likeness (QED) is 0.870. The van der Waals surface area contributed by atoms with Crippen LogP contribution in [0.2, 0.25) is 0 Å². The monoisotopic (exact) mass is 292 g/mol. The lowest BCUT2D eigenvalue weighted by atomic mass is 10.1. The molecule has 0 saturated carbocycles. The van der Waals surface area contributed by atoms with Gasteiger partial charge in [-0.2, -0.15) is 0 Å². The first kappa shape index (κ1) is 16.0. The lowest BCUT2D eigenvalue weighted by Gasteiger charge is -2.25. The molecule has 1 fully saturated rings. The molecule has 1 aliphatic heterocycles. The Morgan fingerprint density at radius 2 is 2.14 bits per heavy atom. The second-order valence-corrected chi connectivity index (χ2v) is 6.18. The molecule has 1 N–H and O–H groups in total. The highest BCUT2D eigenvalue weighted by molar-refractivity contribution is 5.84. The highest BCUT2D eigenvalue weighted by Gasteiger charge is 2.38. The van der Waals surface area contributed by atoms with Crippen molar-refractivity contribution in [3.63, 3.8) is 0 Å². The van der Waals surface area contributed by atoms with Gasteiger partial charge >= 0.3 is 0 Å². The van der Waals surface area contributed by atoms with Crippen LogP contribution in [0.3, 0.4) is 0 Å². The van der Waals surface area contributed by atoms with Gasteiger partial charge in [-0.25, -0.2) is 4.39 Å². The topological polar surface area (TPSA) is 32.3 Å². The van der Waals surface area contributed by atoms with Crippen molar-refractivity contribution in [1.29, 1.82) is 0 Å². The molecule has 0 spiro atoms. The van der Waals surface area contributed by atoms with Crippen molar-refractivity contribution in [2.75, 3.05) is 6.54 Å². The first-order valence-electron chi connectivity index (χ1n) is 7.85. The predicted molar refractivity (Wildman–Crippen MR) is 82.1 cm³/mol. The normalized spacial score (nSPS) is 22.3. The van der Waals surface area contributed by atoms with Crippen molar-refractivity contribution in [3.05, 3.63) is 35.6 Å². The van der Waals surface area contributed by atoms with Gasteiger partial charge in [-0.3, -0.25) is 10.1 Å². The van der Waals surface area contributed by atoms with Crippen LogP contribution in [0.4, 0.5) is 4.39 Å². The zero-order chi connectivity index (χ0) is 15.4. The number of rotatable bonds is 6. The van der Waals surface area contributed by atoms with E-state index < -0.39 is 0 Å². The first-order chi connectivity index (χ1) is 10.0. The van der Waals surface area contributed by atoms with Gasteiger partial charge in [0.15, 0.2) is 0 Å². The molecule has 1 aromatic carbocycles. The van der Waals surface area contributed by atoms with Crippen LogP contribution < -0.4 is 5.32 Å². The number of amides is 1. The van der Waals surface area contributed by atoms with Gasteiger partial charge in [0.1, 0.15) is 12.0 Å². The Bertz CT molecular complexity index is 489. The summed E-state index contributed by atoms with van der Waals surface area (Å²) in [5.41, 5.74) is 0.825. The van der Waals surface area contributed by atoms with Crippen molar-refractivity contribution >= 4 is 5.91 Å². The number of halogens is 1. The standard InChI is InChI=1S/C17H25FN2O/c1-4-6-15-17(21)20(10-9-12(2)3)16(19-15)13-7-5-8-14(18)11-13/h5,7-8,11-12,15-16,19H,4,6,9-10H2,1-3H3. The molecule has 2 unspecified atom stereocenters. The molecule has 116 valence electrons. The maximum absolute atomic E-state index is 13.5. The average molecular weight is 292 g/mol. The summed E-state index contributed by atoms with van der Waals surface area (Å²) in [5, 5.41) is 3.37. The Balaban J connectivity index is 2.20. The van der Waals surface area contributed by atoms with Crippen LogP contribution in [0.15, 0.2) is 24.3 Å². The smallest absolute Gasteiger partial charge is 0.241 e. The van der Waals surface area contributed by atoms with Crippen LogP contribution in [0.1, 0.15) is 51.8 Å². The molecule has 0 bridgehead atoms. The number of nitrogens with one attached hydrogen (secondary N) is 1. The van der Waals surface area contributed by atoms with E-state index in [-0.39, 0.29) is 23.9 Å². The van der Waals surface area contributed by atoms with E-state index in [1.807, 2.05) is 11.0 Å². The third-order valence-corrected chi connectivity index (χ3v) is 3.94. The van der Waals surface area contributed by atoms with E-state index >= 15 is 0 Å². The molecule has 1 saturated heterocycles. The van der Waals surface area contributed by atoms with Crippen LogP contribution in [0.5, 0.6) is 0 Å². The lowest BCUT2D eigenvalue weighted by molar-refractivity contribution is -0.130. The number of benzene rings is 1. The third kappa shape index (κ3) is 3.82. The van der Waals surface area contributed by atoms with Crippen molar-refractivity contribution < 1.29 is 9.18 Å². The van der Waals surface area contributed by atoms with Gasteiger partial charge < -0.3 is 4.90 Å². The first-order valence-corrected chi connectivity index (χ1v) is 7.85. The number of hydrogen-bond acceptors (Lipinski definition) is 2. The summed E-state index contributed by atoms with van der Waals surface area (Å²) in [5.74, 6) is 0.424. The minimum absolute atomic E-state index is 0.143. The van der Waals surface area contributed by atoms with Gasteiger partial charge in [0.25, 0.3) is 0 Å². The molecule has 1 heterocycles. The van der Waals surface area contributed by atoms with Crippen LogP contribution in [-0.2, 0) is 4.79 Å². The zero-order valence-corrected chi connectivity index (χ0v) is 13.1. The van der Waals surface area contributed by atoms with E-state index in [2.05, 4.69) is 26.1 Å². The van der Waals surface area contributed by atoms with E-state index in [1.165, 1.54) is 12.1 Å². The Kier molecular flexibility index (Phi) is 5.34.